The molecule has 4 nitrogen and oxygen atoms in total. The molecule has 5 heteroatoms. The molecule has 2 rings (SSSR count). The first-order valence-electron chi connectivity index (χ1n) is 7.86. The third-order valence-corrected chi connectivity index (χ3v) is 6.19. The molecule has 22 heavy (non-hydrogen) atoms. The van der Waals surface area contributed by atoms with Crippen LogP contribution >= 0.6 is 0 Å². The lowest BCUT2D eigenvalue weighted by molar-refractivity contribution is -0.137. The first-order valence-corrected chi connectivity index (χ1v) is 9.24. The van der Waals surface area contributed by atoms with Crippen molar-refractivity contribution in [3.05, 3.63) is 30.3 Å². The van der Waals surface area contributed by atoms with Crippen LogP contribution in [0, 0.1) is 5.92 Å². The molecule has 1 fully saturated rings. The van der Waals surface area contributed by atoms with Crippen LogP contribution in [0.4, 0.5) is 0 Å². The maximum absolute atomic E-state index is 12.6. The molecule has 0 aromatic heterocycles. The summed E-state index contributed by atoms with van der Waals surface area (Å²) >= 11 is 0. The van der Waals surface area contributed by atoms with Gasteiger partial charge in [0.05, 0.1) is 11.9 Å². The Morgan fingerprint density at radius 2 is 2.05 bits per heavy atom. The number of amides is 1. The number of ether oxygens (including phenoxy) is 1. The Balaban J connectivity index is 1.83. The second-order valence-electron chi connectivity index (χ2n) is 5.91. The normalized spacial score (nSPS) is 26.5. The van der Waals surface area contributed by atoms with Crippen molar-refractivity contribution >= 4 is 16.7 Å². The maximum Gasteiger partial charge on any atom is 0.225 e. The lowest BCUT2D eigenvalue weighted by Crippen LogP contribution is -2.53. The van der Waals surface area contributed by atoms with E-state index in [0.717, 1.165) is 5.75 Å². The molecule has 1 heterocycles. The molecule has 0 unspecified atom stereocenters. The predicted molar refractivity (Wildman–Crippen MR) is 89.4 cm³/mol. The van der Waals surface area contributed by atoms with Crippen molar-refractivity contribution in [3.8, 4) is 5.75 Å². The number of carbonyl (C=O) groups excluding carboxylic acids is 1. The zero-order valence-corrected chi connectivity index (χ0v) is 14.3. The molecule has 0 bridgehead atoms. The second kappa shape index (κ2) is 7.77. The zero-order chi connectivity index (χ0) is 16.1. The van der Waals surface area contributed by atoms with Crippen molar-refractivity contribution in [2.45, 2.75) is 38.5 Å². The number of rotatable bonds is 5. The van der Waals surface area contributed by atoms with Crippen LogP contribution in [0.3, 0.4) is 0 Å². The minimum Gasteiger partial charge on any atom is -0.494 e. The molecule has 0 aliphatic carbocycles. The molecular formula is C17H25NO3S. The van der Waals surface area contributed by atoms with Gasteiger partial charge in [-0.25, -0.2) is 0 Å². The Hall–Kier alpha value is -1.36. The first-order chi connectivity index (χ1) is 10.5. The molecule has 4 atom stereocenters. The van der Waals surface area contributed by atoms with Gasteiger partial charge in [-0.1, -0.05) is 25.1 Å². The van der Waals surface area contributed by atoms with Gasteiger partial charge >= 0.3 is 0 Å². The molecule has 1 aromatic rings. The summed E-state index contributed by atoms with van der Waals surface area (Å²) in [4.78, 5) is 14.5. The summed E-state index contributed by atoms with van der Waals surface area (Å²) < 4.78 is 17.5. The summed E-state index contributed by atoms with van der Waals surface area (Å²) in [5.41, 5.74) is 0. The van der Waals surface area contributed by atoms with Crippen molar-refractivity contribution in [1.82, 2.24) is 4.90 Å². The van der Waals surface area contributed by atoms with Crippen LogP contribution in [0.2, 0.25) is 0 Å². The van der Waals surface area contributed by atoms with Gasteiger partial charge in [0.2, 0.25) is 5.91 Å². The molecule has 122 valence electrons. The van der Waals surface area contributed by atoms with Gasteiger partial charge in [-0.15, -0.1) is 0 Å². The quantitative estimate of drug-likeness (QED) is 0.836. The number of carbonyl (C=O) groups is 1. The van der Waals surface area contributed by atoms with Crippen LogP contribution in [-0.4, -0.2) is 45.2 Å². The van der Waals surface area contributed by atoms with Crippen molar-refractivity contribution in [2.24, 2.45) is 5.92 Å². The Morgan fingerprint density at radius 1 is 1.36 bits per heavy atom. The first kappa shape index (κ1) is 17.0. The fraction of sp³-hybridized carbons (Fsp3) is 0.588. The Kier molecular flexibility index (Phi) is 6.00. The van der Waals surface area contributed by atoms with Crippen molar-refractivity contribution in [2.75, 3.05) is 18.9 Å². The van der Waals surface area contributed by atoms with E-state index in [0.29, 0.717) is 25.3 Å². The van der Waals surface area contributed by atoms with E-state index in [9.17, 15) is 9.00 Å². The summed E-state index contributed by atoms with van der Waals surface area (Å²) in [6.45, 7) is 7.03. The average Bonchev–Trinajstić information content (AvgIpc) is 2.53. The molecule has 1 aromatic carbocycles. The van der Waals surface area contributed by atoms with Crippen LogP contribution in [0.1, 0.15) is 27.2 Å². The number of hydrogen-bond acceptors (Lipinski definition) is 3. The van der Waals surface area contributed by atoms with Gasteiger partial charge in [-0.2, -0.15) is 0 Å². The van der Waals surface area contributed by atoms with Crippen molar-refractivity contribution in [1.29, 1.82) is 0 Å². The minimum atomic E-state index is -0.814. The summed E-state index contributed by atoms with van der Waals surface area (Å²) in [6.07, 6.45) is 0.689. The average molecular weight is 323 g/mol. The smallest absolute Gasteiger partial charge is 0.225 e. The Bertz CT molecular complexity index is 520. The summed E-state index contributed by atoms with van der Waals surface area (Å²) in [5.74, 6) is 1.49. The van der Waals surface area contributed by atoms with E-state index in [1.54, 1.807) is 0 Å². The Morgan fingerprint density at radius 3 is 2.73 bits per heavy atom. The lowest BCUT2D eigenvalue weighted by atomic mass is 10.0. The van der Waals surface area contributed by atoms with Crippen LogP contribution in [0.5, 0.6) is 5.75 Å². The lowest BCUT2D eigenvalue weighted by Gasteiger charge is -2.38. The van der Waals surface area contributed by atoms with Gasteiger partial charge < -0.3 is 9.64 Å². The van der Waals surface area contributed by atoms with Gasteiger partial charge in [0.25, 0.3) is 0 Å². The van der Waals surface area contributed by atoms with Gasteiger partial charge in [0.1, 0.15) is 5.75 Å². The summed E-state index contributed by atoms with van der Waals surface area (Å²) in [7, 11) is -0.814. The SMILES string of the molecule is C[C@H](CCOc1ccccc1)C(=O)N1CC[S@](=O)[C@H](C)[C@H]1C. The van der Waals surface area contributed by atoms with E-state index in [-0.39, 0.29) is 23.1 Å². The van der Waals surface area contributed by atoms with Crippen LogP contribution in [-0.2, 0) is 15.6 Å². The topological polar surface area (TPSA) is 46.6 Å². The monoisotopic (exact) mass is 323 g/mol. The fourth-order valence-electron chi connectivity index (χ4n) is 2.64. The molecule has 1 aliphatic rings. The molecule has 0 spiro atoms. The molecule has 1 aliphatic heterocycles. The van der Waals surface area contributed by atoms with Crippen molar-refractivity contribution < 1.29 is 13.7 Å². The van der Waals surface area contributed by atoms with E-state index in [1.165, 1.54) is 0 Å². The van der Waals surface area contributed by atoms with Crippen LogP contribution in [0.25, 0.3) is 0 Å². The zero-order valence-electron chi connectivity index (χ0n) is 13.5. The minimum absolute atomic E-state index is 0.0413. The highest BCUT2D eigenvalue weighted by atomic mass is 32.2. The third-order valence-electron chi connectivity index (χ3n) is 4.39. The van der Waals surface area contributed by atoms with Gasteiger partial charge in [0.15, 0.2) is 0 Å². The highest BCUT2D eigenvalue weighted by Crippen LogP contribution is 2.20. The number of hydrogen-bond donors (Lipinski definition) is 0. The predicted octanol–water partition coefficient (Wildman–Crippen LogP) is 2.46. The Labute approximate surface area is 135 Å². The molecule has 0 saturated carbocycles. The largest absolute Gasteiger partial charge is 0.494 e. The van der Waals surface area contributed by atoms with E-state index >= 15 is 0 Å². The van der Waals surface area contributed by atoms with Crippen molar-refractivity contribution in [3.63, 3.8) is 0 Å². The van der Waals surface area contributed by atoms with E-state index in [4.69, 9.17) is 4.74 Å². The number of benzene rings is 1. The fourth-order valence-corrected chi connectivity index (χ4v) is 3.97. The number of para-hydroxylation sites is 1. The highest BCUT2D eigenvalue weighted by molar-refractivity contribution is 7.85. The van der Waals surface area contributed by atoms with Crippen LogP contribution < -0.4 is 4.74 Å². The highest BCUT2D eigenvalue weighted by Gasteiger charge is 2.34. The van der Waals surface area contributed by atoms with E-state index in [2.05, 4.69) is 0 Å². The number of nitrogens with zero attached hydrogens (tertiary/aromatic N) is 1. The maximum atomic E-state index is 12.6. The molecule has 1 saturated heterocycles. The van der Waals surface area contributed by atoms with E-state index < -0.39 is 10.8 Å². The molecule has 0 N–H and O–H groups in total. The van der Waals surface area contributed by atoms with Crippen LogP contribution in [0.15, 0.2) is 30.3 Å². The second-order valence-corrected chi connectivity index (χ2v) is 7.83. The van der Waals surface area contributed by atoms with Gasteiger partial charge in [-0.3, -0.25) is 9.00 Å². The van der Waals surface area contributed by atoms with Gasteiger partial charge in [-0.05, 0) is 32.4 Å². The standard InChI is InChI=1S/C17H25NO3S/c1-13(9-11-21-16-7-5-4-6-8-16)17(19)18-10-12-22(20)15(3)14(18)2/h4-8,13-15H,9-12H2,1-3H3/t13-,14-,15-,22+/m1/s1. The molecule has 1 amide bonds. The molecular weight excluding hydrogens is 298 g/mol. The summed E-state index contributed by atoms with van der Waals surface area (Å²) in [5, 5.41) is 0.0467. The summed E-state index contributed by atoms with van der Waals surface area (Å²) in [6, 6.07) is 9.68. The molecule has 0 radical (unpaired) electrons. The van der Waals surface area contributed by atoms with E-state index in [1.807, 2.05) is 56.0 Å². The third kappa shape index (κ3) is 4.09. The van der Waals surface area contributed by atoms with Gasteiger partial charge in [0, 0.05) is 35.1 Å².